The first kappa shape index (κ1) is 40.0. The summed E-state index contributed by atoms with van der Waals surface area (Å²) >= 11 is 0. The van der Waals surface area contributed by atoms with Gasteiger partial charge < -0.3 is 19.3 Å². The van der Waals surface area contributed by atoms with Crippen molar-refractivity contribution in [3.8, 4) is 0 Å². The molecule has 0 saturated carbocycles. The zero-order valence-electron chi connectivity index (χ0n) is 31.8. The monoisotopic (exact) mass is 663 g/mol. The fourth-order valence-corrected chi connectivity index (χ4v) is 9.10. The molecule has 45 heavy (non-hydrogen) atoms. The number of hydrogen-bond acceptors (Lipinski definition) is 5. The van der Waals surface area contributed by atoms with E-state index in [1.54, 1.807) is 0 Å². The number of rotatable bonds is 13. The van der Waals surface area contributed by atoms with Crippen LogP contribution in [0.1, 0.15) is 109 Å². The van der Waals surface area contributed by atoms with Gasteiger partial charge in [-0.2, -0.15) is 0 Å². The predicted molar refractivity (Wildman–Crippen MR) is 193 cm³/mol. The van der Waals surface area contributed by atoms with Crippen LogP contribution in [0.2, 0.25) is 36.3 Å². The number of ether oxygens (including phenoxy) is 1. The van der Waals surface area contributed by atoms with E-state index in [1.807, 2.05) is 20.8 Å². The largest absolute Gasteiger partial charge is 0.461 e. The Bertz CT molecular complexity index is 1100. The van der Waals surface area contributed by atoms with Gasteiger partial charge in [0, 0.05) is 12.0 Å². The summed E-state index contributed by atoms with van der Waals surface area (Å²) in [5, 5.41) is 0.00643. The molecule has 0 fully saturated rings. The first-order valence-corrected chi connectivity index (χ1v) is 23.4. The highest BCUT2D eigenvalue weighted by molar-refractivity contribution is 6.74. The Morgan fingerprint density at radius 3 is 1.93 bits per heavy atom. The lowest BCUT2D eigenvalue weighted by molar-refractivity contribution is -0.166. The molecule has 6 nitrogen and oxygen atoms in total. The Labute approximate surface area is 278 Å². The number of primary amides is 1. The quantitative estimate of drug-likeness (QED) is 0.157. The molecule has 0 aromatic carbocycles. The number of amides is 1. The average molecular weight is 664 g/mol. The number of carbonyl (C=O) groups is 2. The highest BCUT2D eigenvalue weighted by Crippen LogP contribution is 2.49. The first-order valence-electron chi connectivity index (χ1n) is 17.6. The van der Waals surface area contributed by atoms with Crippen LogP contribution in [0, 0.1) is 35.0 Å². The van der Waals surface area contributed by atoms with Crippen LogP contribution in [0.4, 0.5) is 0 Å². The minimum atomic E-state index is -2.33. The maximum absolute atomic E-state index is 13.9. The molecule has 2 N–H and O–H groups in total. The van der Waals surface area contributed by atoms with Crippen LogP contribution < -0.4 is 5.73 Å². The van der Waals surface area contributed by atoms with E-state index in [0.29, 0.717) is 12.8 Å². The highest BCUT2D eigenvalue weighted by Gasteiger charge is 2.52. The number of nitrogens with two attached hydrogens (primary N) is 1. The van der Waals surface area contributed by atoms with Crippen LogP contribution in [-0.4, -0.2) is 46.8 Å². The molecule has 0 bridgehead atoms. The van der Waals surface area contributed by atoms with Crippen molar-refractivity contribution < 1.29 is 23.2 Å². The molecule has 260 valence electrons. The maximum atomic E-state index is 13.9. The Morgan fingerprint density at radius 1 is 0.933 bits per heavy atom. The van der Waals surface area contributed by atoms with Gasteiger partial charge in [-0.25, -0.2) is 0 Å². The molecule has 0 saturated heterocycles. The molecule has 1 unspecified atom stereocenters. The Kier molecular flexibility index (Phi) is 12.9. The molecule has 8 heteroatoms. The van der Waals surface area contributed by atoms with Crippen molar-refractivity contribution in [1.82, 2.24) is 0 Å². The van der Waals surface area contributed by atoms with Crippen molar-refractivity contribution in [3.63, 3.8) is 0 Å². The summed E-state index contributed by atoms with van der Waals surface area (Å²) < 4.78 is 20.7. The molecular formula is C37H69NO5Si2. The summed E-state index contributed by atoms with van der Waals surface area (Å²) in [5.74, 6) is -1.10. The van der Waals surface area contributed by atoms with Gasteiger partial charge in [0.05, 0.1) is 17.4 Å². The summed E-state index contributed by atoms with van der Waals surface area (Å²) in [6.07, 6.45) is 8.73. The van der Waals surface area contributed by atoms with Crippen molar-refractivity contribution in [1.29, 1.82) is 0 Å². The minimum Gasteiger partial charge on any atom is -0.461 e. The third-order valence-corrected chi connectivity index (χ3v) is 20.8. The van der Waals surface area contributed by atoms with E-state index in [2.05, 4.69) is 107 Å². The Balaban J connectivity index is 2.70. The second-order valence-electron chi connectivity index (χ2n) is 17.9. The lowest BCUT2D eigenvalue weighted by atomic mass is 9.61. The maximum Gasteiger partial charge on any atom is 0.311 e. The summed E-state index contributed by atoms with van der Waals surface area (Å²) in [7, 11) is -4.43. The number of allylic oxidation sites excluding steroid dienone is 3. The van der Waals surface area contributed by atoms with E-state index in [-0.39, 0.29) is 57.8 Å². The predicted octanol–water partition coefficient (Wildman–Crippen LogP) is 9.42. The van der Waals surface area contributed by atoms with Crippen LogP contribution in [0.5, 0.6) is 0 Å². The van der Waals surface area contributed by atoms with Gasteiger partial charge in [0.2, 0.25) is 5.91 Å². The van der Waals surface area contributed by atoms with Gasteiger partial charge >= 0.3 is 5.97 Å². The van der Waals surface area contributed by atoms with Gasteiger partial charge in [-0.3, -0.25) is 9.59 Å². The van der Waals surface area contributed by atoms with Crippen LogP contribution in [0.15, 0.2) is 23.8 Å². The number of hydrogen-bond donors (Lipinski definition) is 1. The lowest BCUT2D eigenvalue weighted by Crippen LogP contribution is -2.55. The molecule has 0 aromatic rings. The molecule has 1 amide bonds. The second kappa shape index (κ2) is 14.5. The topological polar surface area (TPSA) is 87.9 Å². The van der Waals surface area contributed by atoms with E-state index in [9.17, 15) is 9.59 Å². The van der Waals surface area contributed by atoms with Crippen molar-refractivity contribution in [2.45, 2.75) is 163 Å². The van der Waals surface area contributed by atoms with Crippen molar-refractivity contribution in [3.05, 3.63) is 23.8 Å². The van der Waals surface area contributed by atoms with Gasteiger partial charge in [-0.05, 0) is 99.1 Å². The number of fused-ring (bicyclic) bond motifs is 1. The van der Waals surface area contributed by atoms with Crippen LogP contribution in [0.3, 0.4) is 0 Å². The smallest absolute Gasteiger partial charge is 0.311 e. The summed E-state index contributed by atoms with van der Waals surface area (Å²) in [5.41, 5.74) is 7.04. The fourth-order valence-electron chi connectivity index (χ4n) is 6.30. The van der Waals surface area contributed by atoms with Crippen molar-refractivity contribution >= 4 is 28.5 Å². The number of esters is 1. The molecule has 2 rings (SSSR count). The van der Waals surface area contributed by atoms with E-state index < -0.39 is 34.1 Å². The summed E-state index contributed by atoms with van der Waals surface area (Å²) in [6.45, 7) is 35.0. The molecule has 0 aliphatic heterocycles. The van der Waals surface area contributed by atoms with E-state index >= 15 is 0 Å². The minimum absolute atomic E-state index is 0.0466. The van der Waals surface area contributed by atoms with E-state index in [4.69, 9.17) is 19.3 Å². The van der Waals surface area contributed by atoms with Crippen LogP contribution in [-0.2, 0) is 23.2 Å². The average Bonchev–Trinajstić information content (AvgIpc) is 2.87. The number of carbonyl (C=O) groups excluding carboxylic acids is 2. The summed E-state index contributed by atoms with van der Waals surface area (Å²) in [4.78, 5) is 27.4. The van der Waals surface area contributed by atoms with Crippen molar-refractivity contribution in [2.24, 2.45) is 40.7 Å². The SMILES string of the molecule is CC[C@H](C[C@@H](O[Si](C)(C)C(C)(C)C)[C@@H](C(N)=O)[C@H]1C(C)C=CC2=C[C@H](C)C[C@H](OC(=O)C(C)(C)CC)[C@@H]21)O[Si](C)(C)C(C)(C)C. The molecule has 0 spiro atoms. The Morgan fingerprint density at radius 2 is 1.47 bits per heavy atom. The normalized spacial score (nSPS) is 26.8. The van der Waals surface area contributed by atoms with E-state index in [1.165, 1.54) is 0 Å². The van der Waals surface area contributed by atoms with Crippen LogP contribution >= 0.6 is 0 Å². The van der Waals surface area contributed by atoms with Crippen molar-refractivity contribution in [2.75, 3.05) is 0 Å². The lowest BCUT2D eigenvalue weighted by Gasteiger charge is -2.49. The highest BCUT2D eigenvalue weighted by atomic mass is 28.4. The molecule has 2 aliphatic rings. The van der Waals surface area contributed by atoms with Gasteiger partial charge in [-0.15, -0.1) is 0 Å². The molecule has 2 aliphatic carbocycles. The standard InChI is InChI=1S/C37H69NO5Si2/c1-17-27(42-44(13,14)35(5,6)7)23-29(43-45(15,16)36(8,9)10)32(33(38)39)30-25(4)19-20-26-21-24(3)22-28(31(26)30)41-34(40)37(11,12)18-2/h19-21,24-25,27-32H,17-18,22-23H2,1-16H3,(H2,38,39)/t24-,25?,27+,28-,29+,30-,31+,32+/m0/s1. The summed E-state index contributed by atoms with van der Waals surface area (Å²) in [6, 6.07) is 0. The van der Waals surface area contributed by atoms with Gasteiger partial charge in [0.15, 0.2) is 16.6 Å². The van der Waals surface area contributed by atoms with E-state index in [0.717, 1.165) is 18.4 Å². The third-order valence-electron chi connectivity index (χ3n) is 11.8. The fraction of sp³-hybridized carbons (Fsp3) is 0.838. The first-order chi connectivity index (χ1) is 20.3. The molecule has 0 aromatic heterocycles. The van der Waals surface area contributed by atoms with Gasteiger partial charge in [-0.1, -0.05) is 87.5 Å². The molecular weight excluding hydrogens is 595 g/mol. The second-order valence-corrected chi connectivity index (χ2v) is 27.4. The molecule has 8 atom stereocenters. The Hall–Kier alpha value is -1.23. The van der Waals surface area contributed by atoms with Gasteiger partial charge in [0.25, 0.3) is 0 Å². The molecule has 0 radical (unpaired) electrons. The zero-order chi connectivity index (χ0) is 34.9. The van der Waals surface area contributed by atoms with Gasteiger partial charge in [0.1, 0.15) is 6.10 Å². The van der Waals surface area contributed by atoms with Crippen LogP contribution in [0.25, 0.3) is 0 Å². The zero-order valence-corrected chi connectivity index (χ0v) is 33.8. The molecule has 0 heterocycles. The third kappa shape index (κ3) is 9.44.